The second-order valence-electron chi connectivity index (χ2n) is 5.34. The maximum atomic E-state index is 5.89. The molecule has 0 aliphatic heterocycles. The summed E-state index contributed by atoms with van der Waals surface area (Å²) in [6.07, 6.45) is 1.76. The highest BCUT2D eigenvalue weighted by atomic mass is 79.9. The van der Waals surface area contributed by atoms with Crippen LogP contribution in [0, 0.1) is 0 Å². The number of halogens is 2. The Morgan fingerprint density at radius 2 is 1.76 bits per heavy atom. The molecule has 0 unspecified atom stereocenters. The van der Waals surface area contributed by atoms with Gasteiger partial charge in [0, 0.05) is 5.02 Å². The molecule has 25 heavy (non-hydrogen) atoms. The Kier molecular flexibility index (Phi) is 6.09. The average Bonchev–Trinajstić information content (AvgIpc) is 2.63. The first-order chi connectivity index (χ1) is 12.2. The summed E-state index contributed by atoms with van der Waals surface area (Å²) in [5.41, 5.74) is 5.97. The van der Waals surface area contributed by atoms with Gasteiger partial charge < -0.3 is 4.74 Å². The smallest absolute Gasteiger partial charge is 0.134 e. The predicted molar refractivity (Wildman–Crippen MR) is 108 cm³/mol. The molecule has 0 spiro atoms. The van der Waals surface area contributed by atoms with Crippen LogP contribution in [0.2, 0.25) is 5.02 Å². The fraction of sp³-hybridized carbons (Fsp3) is 0.0500. The first-order valence-corrected chi connectivity index (χ1v) is 8.89. The Balaban J connectivity index is 1.59. The number of benzene rings is 3. The first-order valence-electron chi connectivity index (χ1n) is 7.71. The molecule has 126 valence electrons. The van der Waals surface area contributed by atoms with Crippen LogP contribution in [-0.4, -0.2) is 6.21 Å². The second-order valence-corrected chi connectivity index (χ2v) is 6.63. The highest BCUT2D eigenvalue weighted by molar-refractivity contribution is 9.10. The zero-order valence-electron chi connectivity index (χ0n) is 13.3. The summed E-state index contributed by atoms with van der Waals surface area (Å²) in [7, 11) is 0. The lowest BCUT2D eigenvalue weighted by Crippen LogP contribution is -1.96. The lowest BCUT2D eigenvalue weighted by atomic mass is 10.2. The zero-order valence-corrected chi connectivity index (χ0v) is 15.7. The number of para-hydroxylation sites is 1. The molecule has 0 saturated carbocycles. The van der Waals surface area contributed by atoms with Crippen molar-refractivity contribution < 1.29 is 4.74 Å². The molecular formula is C20H16BrClN2O. The van der Waals surface area contributed by atoms with Crippen molar-refractivity contribution in [1.29, 1.82) is 0 Å². The van der Waals surface area contributed by atoms with Gasteiger partial charge in [-0.3, -0.25) is 5.43 Å². The van der Waals surface area contributed by atoms with Crippen LogP contribution in [0.15, 0.2) is 82.4 Å². The van der Waals surface area contributed by atoms with Crippen LogP contribution >= 0.6 is 27.5 Å². The minimum absolute atomic E-state index is 0.485. The molecule has 0 aromatic heterocycles. The van der Waals surface area contributed by atoms with E-state index in [1.54, 1.807) is 6.21 Å². The number of hydrogen-bond acceptors (Lipinski definition) is 3. The van der Waals surface area contributed by atoms with Gasteiger partial charge in [-0.25, -0.2) is 0 Å². The van der Waals surface area contributed by atoms with Crippen molar-refractivity contribution >= 4 is 39.4 Å². The highest BCUT2D eigenvalue weighted by Crippen LogP contribution is 2.26. The fourth-order valence-corrected chi connectivity index (χ4v) is 2.79. The zero-order chi connectivity index (χ0) is 17.5. The third-order valence-electron chi connectivity index (χ3n) is 3.44. The van der Waals surface area contributed by atoms with Gasteiger partial charge in [-0.1, -0.05) is 41.9 Å². The quantitative estimate of drug-likeness (QED) is 0.388. The molecular weight excluding hydrogens is 400 g/mol. The summed E-state index contributed by atoms with van der Waals surface area (Å²) in [5.74, 6) is 0.781. The van der Waals surface area contributed by atoms with Crippen LogP contribution < -0.4 is 10.2 Å². The van der Waals surface area contributed by atoms with Gasteiger partial charge in [0.15, 0.2) is 0 Å². The lowest BCUT2D eigenvalue weighted by Gasteiger charge is -2.09. The van der Waals surface area contributed by atoms with Gasteiger partial charge in [0.2, 0.25) is 0 Å². The van der Waals surface area contributed by atoms with E-state index in [0.29, 0.717) is 6.61 Å². The Hall–Kier alpha value is -2.30. The van der Waals surface area contributed by atoms with E-state index in [4.69, 9.17) is 16.3 Å². The van der Waals surface area contributed by atoms with Crippen molar-refractivity contribution in [2.24, 2.45) is 5.10 Å². The molecule has 0 aliphatic carbocycles. The standard InChI is InChI=1S/C20H16BrClN2O/c21-19-12-16(13-23-24-18-4-2-1-3-5-18)8-11-20(19)25-14-15-6-9-17(22)10-7-15/h1-13,24H,14H2/b23-13-. The number of hydrazone groups is 1. The Morgan fingerprint density at radius 1 is 1.00 bits per heavy atom. The van der Waals surface area contributed by atoms with Crippen LogP contribution in [0.4, 0.5) is 5.69 Å². The van der Waals surface area contributed by atoms with E-state index in [1.165, 1.54) is 0 Å². The van der Waals surface area contributed by atoms with Crippen LogP contribution in [0.1, 0.15) is 11.1 Å². The third-order valence-corrected chi connectivity index (χ3v) is 4.32. The first kappa shape index (κ1) is 17.5. The molecule has 0 aliphatic rings. The van der Waals surface area contributed by atoms with E-state index in [0.717, 1.165) is 32.1 Å². The van der Waals surface area contributed by atoms with E-state index in [-0.39, 0.29) is 0 Å². The van der Waals surface area contributed by atoms with Crippen molar-refractivity contribution in [3.05, 3.63) is 93.4 Å². The van der Waals surface area contributed by atoms with Crippen LogP contribution in [0.25, 0.3) is 0 Å². The van der Waals surface area contributed by atoms with Crippen molar-refractivity contribution in [3.63, 3.8) is 0 Å². The third kappa shape index (κ3) is 5.34. The molecule has 3 aromatic rings. The van der Waals surface area contributed by atoms with E-state index in [2.05, 4.69) is 26.5 Å². The topological polar surface area (TPSA) is 33.6 Å². The SMILES string of the molecule is Clc1ccc(COc2ccc(/C=N\Nc3ccccc3)cc2Br)cc1. The number of ether oxygens (including phenoxy) is 1. The molecule has 0 radical (unpaired) electrons. The van der Waals surface area contributed by atoms with Crippen molar-refractivity contribution in [2.45, 2.75) is 6.61 Å². The normalized spacial score (nSPS) is 10.8. The average molecular weight is 416 g/mol. The Morgan fingerprint density at radius 3 is 2.48 bits per heavy atom. The molecule has 0 amide bonds. The molecule has 3 nitrogen and oxygen atoms in total. The van der Waals surface area contributed by atoms with Gasteiger partial charge in [0.05, 0.1) is 16.4 Å². The van der Waals surface area contributed by atoms with E-state index >= 15 is 0 Å². The summed E-state index contributed by atoms with van der Waals surface area (Å²) >= 11 is 9.43. The predicted octanol–water partition coefficient (Wildman–Crippen LogP) is 6.13. The summed E-state index contributed by atoms with van der Waals surface area (Å²) in [4.78, 5) is 0. The van der Waals surface area contributed by atoms with Crippen molar-refractivity contribution in [3.8, 4) is 5.75 Å². The van der Waals surface area contributed by atoms with E-state index < -0.39 is 0 Å². The maximum absolute atomic E-state index is 5.89. The maximum Gasteiger partial charge on any atom is 0.134 e. The van der Waals surface area contributed by atoms with Crippen LogP contribution in [0.3, 0.4) is 0 Å². The van der Waals surface area contributed by atoms with Crippen LogP contribution in [-0.2, 0) is 6.61 Å². The molecule has 0 atom stereocenters. The monoisotopic (exact) mass is 414 g/mol. The lowest BCUT2D eigenvalue weighted by molar-refractivity contribution is 0.304. The van der Waals surface area contributed by atoms with Gasteiger partial charge >= 0.3 is 0 Å². The van der Waals surface area contributed by atoms with E-state index in [1.807, 2.05) is 72.8 Å². The van der Waals surface area contributed by atoms with Gasteiger partial charge in [-0.2, -0.15) is 5.10 Å². The number of hydrogen-bond donors (Lipinski definition) is 1. The minimum atomic E-state index is 0.485. The van der Waals surface area contributed by atoms with Gasteiger partial charge in [-0.15, -0.1) is 0 Å². The minimum Gasteiger partial charge on any atom is -0.488 e. The van der Waals surface area contributed by atoms with Gasteiger partial charge in [-0.05, 0) is 69.5 Å². The Bertz CT molecular complexity index is 851. The number of nitrogens with one attached hydrogen (secondary N) is 1. The second kappa shape index (κ2) is 8.70. The summed E-state index contributed by atoms with van der Waals surface area (Å²) in [6.45, 7) is 0.485. The molecule has 3 rings (SSSR count). The van der Waals surface area contributed by atoms with E-state index in [9.17, 15) is 0 Å². The van der Waals surface area contributed by atoms with Crippen molar-refractivity contribution in [2.75, 3.05) is 5.43 Å². The summed E-state index contributed by atoms with van der Waals surface area (Å²) in [5, 5.41) is 4.96. The summed E-state index contributed by atoms with van der Waals surface area (Å²) < 4.78 is 6.72. The summed E-state index contributed by atoms with van der Waals surface area (Å²) in [6, 6.07) is 23.3. The van der Waals surface area contributed by atoms with Gasteiger partial charge in [0.25, 0.3) is 0 Å². The number of nitrogens with zero attached hydrogens (tertiary/aromatic N) is 1. The highest BCUT2D eigenvalue weighted by Gasteiger charge is 2.03. The molecule has 1 N–H and O–H groups in total. The number of anilines is 1. The molecule has 0 heterocycles. The number of rotatable bonds is 6. The Labute approximate surface area is 160 Å². The largest absolute Gasteiger partial charge is 0.488 e. The molecule has 0 saturated heterocycles. The van der Waals surface area contributed by atoms with Crippen LogP contribution in [0.5, 0.6) is 5.75 Å². The van der Waals surface area contributed by atoms with Gasteiger partial charge in [0.1, 0.15) is 12.4 Å². The van der Waals surface area contributed by atoms with Crippen molar-refractivity contribution in [1.82, 2.24) is 0 Å². The molecule has 3 aromatic carbocycles. The fourth-order valence-electron chi connectivity index (χ4n) is 2.15. The molecule has 0 bridgehead atoms. The molecule has 5 heteroatoms. The molecule has 0 fully saturated rings.